The molecule has 5 rings (SSSR count). The van der Waals surface area contributed by atoms with Gasteiger partial charge >= 0.3 is 0 Å². The van der Waals surface area contributed by atoms with E-state index in [2.05, 4.69) is 0 Å². The van der Waals surface area contributed by atoms with Crippen molar-refractivity contribution in [3.8, 4) is 0 Å². The Labute approximate surface area is 217 Å². The van der Waals surface area contributed by atoms with Gasteiger partial charge in [0.2, 0.25) is 10.8 Å². The maximum absolute atomic E-state index is 17.7. The number of ether oxygens (including phenoxy) is 1. The molecule has 3 saturated carbocycles. The van der Waals surface area contributed by atoms with E-state index in [9.17, 15) is 19.8 Å². The van der Waals surface area contributed by atoms with Crippen molar-refractivity contribution < 1.29 is 28.9 Å². The van der Waals surface area contributed by atoms with Crippen LogP contribution in [0, 0.1) is 28.6 Å². The summed E-state index contributed by atoms with van der Waals surface area (Å²) in [5, 5.41) is 23.2. The molecule has 1 aromatic carbocycles. The number of aliphatic hydroxyl groups is 2. The van der Waals surface area contributed by atoms with Crippen LogP contribution in [0.5, 0.6) is 0 Å². The van der Waals surface area contributed by atoms with Gasteiger partial charge in [0, 0.05) is 22.7 Å². The second-order valence-electron chi connectivity index (χ2n) is 12.0. The number of benzene rings is 1. The van der Waals surface area contributed by atoms with E-state index in [0.717, 1.165) is 11.1 Å². The normalized spacial score (nSPS) is 45.7. The number of halogens is 1. The largest absolute Gasteiger partial charge is 0.484 e. The Morgan fingerprint density at radius 2 is 1.83 bits per heavy atom. The minimum Gasteiger partial charge on any atom is -0.484 e. The number of thiocarbonyl (C=S) groups is 1. The third-order valence-corrected chi connectivity index (χ3v) is 11.0. The molecule has 0 heterocycles. The Morgan fingerprint density at radius 1 is 1.17 bits per heavy atom. The van der Waals surface area contributed by atoms with E-state index in [-0.39, 0.29) is 29.6 Å². The van der Waals surface area contributed by atoms with Crippen molar-refractivity contribution in [3.63, 3.8) is 0 Å². The summed E-state index contributed by atoms with van der Waals surface area (Å²) in [4.78, 5) is 26.4. The minimum atomic E-state index is -2.00. The van der Waals surface area contributed by atoms with Crippen molar-refractivity contribution in [2.24, 2.45) is 28.6 Å². The summed E-state index contributed by atoms with van der Waals surface area (Å²) in [6, 6.07) is 9.43. The van der Waals surface area contributed by atoms with Gasteiger partial charge < -0.3 is 14.9 Å². The van der Waals surface area contributed by atoms with Gasteiger partial charge in [0.15, 0.2) is 5.78 Å². The van der Waals surface area contributed by atoms with Crippen molar-refractivity contribution in [2.75, 3.05) is 7.11 Å². The number of methoxy groups -OCH3 is 1. The Kier molecular flexibility index (Phi) is 5.90. The van der Waals surface area contributed by atoms with Crippen LogP contribution in [0.2, 0.25) is 0 Å². The monoisotopic (exact) mass is 514 g/mol. The van der Waals surface area contributed by atoms with Crippen molar-refractivity contribution in [1.29, 1.82) is 0 Å². The van der Waals surface area contributed by atoms with E-state index in [1.165, 1.54) is 7.11 Å². The van der Waals surface area contributed by atoms with E-state index in [4.69, 9.17) is 17.0 Å². The highest BCUT2D eigenvalue weighted by Crippen LogP contribution is 2.71. The van der Waals surface area contributed by atoms with Gasteiger partial charge in [-0.3, -0.25) is 9.59 Å². The van der Waals surface area contributed by atoms with E-state index in [1.54, 1.807) is 19.9 Å². The standard InChI is InChI=1S/C29H35FO5S/c1-16-12-21-20-11-10-18-13-22(31)19(17-8-6-5-7-9-17)14-26(18,2)28(20,30)23(32)15-27(21,3)29(16,34)24(33)25(36)35-4/h5-9,13,16,19-21,23,32,34H,10-12,14-15H2,1-4H3/t16-,19?,20-,21-,23-,26-,27-,28-,29-/m0/s1. The lowest BCUT2D eigenvalue weighted by Crippen LogP contribution is -2.70. The fourth-order valence-corrected chi connectivity index (χ4v) is 8.84. The smallest absolute Gasteiger partial charge is 0.241 e. The van der Waals surface area contributed by atoms with Crippen LogP contribution in [-0.4, -0.2) is 51.3 Å². The molecule has 1 unspecified atom stereocenters. The topological polar surface area (TPSA) is 83.8 Å². The van der Waals surface area contributed by atoms with Gasteiger partial charge in [-0.1, -0.05) is 56.7 Å². The van der Waals surface area contributed by atoms with Crippen LogP contribution < -0.4 is 0 Å². The van der Waals surface area contributed by atoms with Crippen LogP contribution in [0.15, 0.2) is 42.0 Å². The van der Waals surface area contributed by atoms with Gasteiger partial charge in [0.1, 0.15) is 11.3 Å². The zero-order valence-corrected chi connectivity index (χ0v) is 22.1. The summed E-state index contributed by atoms with van der Waals surface area (Å²) in [6.07, 6.45) is 1.86. The highest BCUT2D eigenvalue weighted by atomic mass is 32.1. The number of allylic oxidation sites excluding steroid dienone is 1. The summed E-state index contributed by atoms with van der Waals surface area (Å²) < 4.78 is 22.8. The fraction of sp³-hybridized carbons (Fsp3) is 0.621. The van der Waals surface area contributed by atoms with Gasteiger partial charge in [-0.25, -0.2) is 4.39 Å². The maximum Gasteiger partial charge on any atom is 0.241 e. The second-order valence-corrected chi connectivity index (χ2v) is 12.3. The first-order chi connectivity index (χ1) is 16.9. The number of Topliss-reactive ketones (excluding diaryl/α,β-unsaturated/α-hetero) is 1. The molecule has 7 heteroatoms. The minimum absolute atomic E-state index is 0.0200. The molecule has 2 N–H and O–H groups in total. The van der Waals surface area contributed by atoms with Gasteiger partial charge in [0.25, 0.3) is 0 Å². The van der Waals surface area contributed by atoms with Gasteiger partial charge in [-0.2, -0.15) is 0 Å². The van der Waals surface area contributed by atoms with Gasteiger partial charge in [-0.15, -0.1) is 0 Å². The SMILES string of the molecule is COC(=S)C(=O)[C@@]1(O)[C@@H](C)C[C@H]2[C@@H]3CCC4=CC(=O)C(c5ccccc5)C[C@]4(C)[C@@]3(F)[C@@H](O)C[C@@]21C. The Bertz CT molecular complexity index is 1150. The molecular weight excluding hydrogens is 479 g/mol. The third-order valence-electron chi connectivity index (χ3n) is 10.6. The number of carbonyl (C=O) groups excluding carboxylic acids is 2. The summed E-state index contributed by atoms with van der Waals surface area (Å²) in [5.41, 5.74) is -4.33. The highest BCUT2D eigenvalue weighted by Gasteiger charge is 2.76. The highest BCUT2D eigenvalue weighted by molar-refractivity contribution is 7.81. The summed E-state index contributed by atoms with van der Waals surface area (Å²) in [7, 11) is 1.30. The molecule has 0 aliphatic heterocycles. The predicted molar refractivity (Wildman–Crippen MR) is 137 cm³/mol. The number of alkyl halides is 1. The van der Waals surface area contributed by atoms with Crippen LogP contribution in [-0.2, 0) is 14.3 Å². The average Bonchev–Trinajstić information content (AvgIpc) is 3.06. The lowest BCUT2D eigenvalue weighted by Gasteiger charge is -2.64. The third kappa shape index (κ3) is 3.02. The zero-order chi connectivity index (χ0) is 26.3. The van der Waals surface area contributed by atoms with Crippen molar-refractivity contribution in [1.82, 2.24) is 0 Å². The van der Waals surface area contributed by atoms with Crippen LogP contribution in [0.3, 0.4) is 0 Å². The molecular formula is C29H35FO5S. The average molecular weight is 515 g/mol. The first kappa shape index (κ1) is 25.7. The summed E-state index contributed by atoms with van der Waals surface area (Å²) >= 11 is 5.11. The lowest BCUT2D eigenvalue weighted by molar-refractivity contribution is -0.227. The number of fused-ring (bicyclic) bond motifs is 5. The first-order valence-corrected chi connectivity index (χ1v) is 13.3. The maximum atomic E-state index is 17.7. The molecule has 3 fully saturated rings. The second kappa shape index (κ2) is 8.27. The molecule has 36 heavy (non-hydrogen) atoms. The number of ketones is 2. The van der Waals surface area contributed by atoms with Crippen LogP contribution in [0.1, 0.15) is 64.4 Å². The Balaban J connectivity index is 1.59. The van der Waals surface area contributed by atoms with Crippen LogP contribution in [0.4, 0.5) is 4.39 Å². The summed E-state index contributed by atoms with van der Waals surface area (Å²) in [6.45, 7) is 5.45. The van der Waals surface area contributed by atoms with Gasteiger partial charge in [0.05, 0.1) is 13.2 Å². The van der Waals surface area contributed by atoms with E-state index in [0.29, 0.717) is 19.3 Å². The Hall–Kier alpha value is -1.96. The molecule has 1 aromatic rings. The number of hydrogen-bond donors (Lipinski definition) is 2. The summed E-state index contributed by atoms with van der Waals surface area (Å²) in [5.74, 6) is -2.54. The lowest BCUT2D eigenvalue weighted by atomic mass is 9.43. The number of hydrogen-bond acceptors (Lipinski definition) is 6. The molecule has 194 valence electrons. The van der Waals surface area contributed by atoms with E-state index in [1.807, 2.05) is 37.3 Å². The molecule has 5 nitrogen and oxygen atoms in total. The van der Waals surface area contributed by atoms with Crippen molar-refractivity contribution in [3.05, 3.63) is 47.5 Å². The molecule has 9 atom stereocenters. The van der Waals surface area contributed by atoms with E-state index >= 15 is 4.39 Å². The molecule has 4 aliphatic rings. The van der Waals surface area contributed by atoms with Crippen LogP contribution in [0.25, 0.3) is 0 Å². The molecule has 0 spiro atoms. The first-order valence-electron chi connectivity index (χ1n) is 12.9. The molecule has 0 amide bonds. The fourth-order valence-electron chi connectivity index (χ4n) is 8.68. The number of carbonyl (C=O) groups is 2. The van der Waals surface area contributed by atoms with Crippen LogP contribution >= 0.6 is 12.2 Å². The van der Waals surface area contributed by atoms with Crippen molar-refractivity contribution >= 4 is 28.8 Å². The molecule has 0 bridgehead atoms. The molecule has 0 aromatic heterocycles. The quantitative estimate of drug-likeness (QED) is 0.578. The van der Waals surface area contributed by atoms with E-state index < -0.39 is 51.7 Å². The molecule has 0 saturated heterocycles. The molecule has 4 aliphatic carbocycles. The van der Waals surface area contributed by atoms with Gasteiger partial charge in [-0.05, 0) is 67.8 Å². The zero-order valence-electron chi connectivity index (χ0n) is 21.3. The predicted octanol–water partition coefficient (Wildman–Crippen LogP) is 4.49. The van der Waals surface area contributed by atoms with Crippen molar-refractivity contribution in [2.45, 2.75) is 76.2 Å². The molecule has 0 radical (unpaired) electrons. The Morgan fingerprint density at radius 3 is 2.47 bits per heavy atom. The number of rotatable bonds is 3. The number of aliphatic hydroxyl groups excluding tert-OH is 1.